The molecule has 0 saturated carbocycles. The first-order chi connectivity index (χ1) is 10.6. The van der Waals surface area contributed by atoms with Crippen LogP contribution in [0, 0.1) is 0 Å². The molecule has 0 aliphatic heterocycles. The normalized spacial score (nSPS) is 11.0. The molecule has 5 nitrogen and oxygen atoms in total. The summed E-state index contributed by atoms with van der Waals surface area (Å²) in [6.07, 6.45) is 8.07. The van der Waals surface area contributed by atoms with Gasteiger partial charge in [-0.1, -0.05) is 49.6 Å². The standard InChI is InChI=1S/C15H26BNO2.CO2/c17-15(12-6-7-13-16(18)19)11-5-4-10-14-8-2-1-3-9-14;2-1-3/h1-3,8-9,15,18-19H,4-7,10-13,17H2;. The molecule has 0 heterocycles. The van der Waals surface area contributed by atoms with Gasteiger partial charge in [-0.15, -0.1) is 0 Å². The van der Waals surface area contributed by atoms with Gasteiger partial charge in [-0.3, -0.25) is 0 Å². The largest absolute Gasteiger partial charge is 0.451 e. The highest BCUT2D eigenvalue weighted by Gasteiger charge is 2.07. The van der Waals surface area contributed by atoms with Crippen LogP contribution in [-0.2, 0) is 16.0 Å². The first kappa shape index (κ1) is 20.5. The van der Waals surface area contributed by atoms with Crippen molar-refractivity contribution in [2.24, 2.45) is 5.73 Å². The molecule has 6 heteroatoms. The summed E-state index contributed by atoms with van der Waals surface area (Å²) in [5.74, 6) is 0. The molecule has 0 amide bonds. The van der Waals surface area contributed by atoms with Crippen molar-refractivity contribution >= 4 is 13.3 Å². The van der Waals surface area contributed by atoms with Crippen LogP contribution in [0.15, 0.2) is 30.3 Å². The second-order valence-corrected chi connectivity index (χ2v) is 5.34. The Balaban J connectivity index is 0.00000135. The number of hydrogen-bond donors (Lipinski definition) is 3. The van der Waals surface area contributed by atoms with Crippen molar-refractivity contribution in [2.75, 3.05) is 0 Å². The Morgan fingerprint density at radius 3 is 2.09 bits per heavy atom. The summed E-state index contributed by atoms with van der Waals surface area (Å²) in [4.78, 5) is 16.2. The Labute approximate surface area is 132 Å². The number of benzene rings is 1. The molecular weight excluding hydrogens is 281 g/mol. The summed E-state index contributed by atoms with van der Waals surface area (Å²) in [5.41, 5.74) is 7.44. The van der Waals surface area contributed by atoms with Crippen molar-refractivity contribution in [1.82, 2.24) is 0 Å². The minimum Gasteiger partial charge on any atom is -0.427 e. The topological polar surface area (TPSA) is 101 Å². The molecule has 1 unspecified atom stereocenters. The van der Waals surface area contributed by atoms with E-state index in [4.69, 9.17) is 25.4 Å². The van der Waals surface area contributed by atoms with E-state index in [2.05, 4.69) is 24.3 Å². The highest BCUT2D eigenvalue weighted by atomic mass is 16.4. The lowest BCUT2D eigenvalue weighted by atomic mass is 9.83. The molecule has 0 spiro atoms. The lowest BCUT2D eigenvalue weighted by Crippen LogP contribution is -2.20. The van der Waals surface area contributed by atoms with Crippen LogP contribution < -0.4 is 5.73 Å². The average molecular weight is 307 g/mol. The molecule has 0 fully saturated rings. The van der Waals surface area contributed by atoms with Gasteiger partial charge in [-0.05, 0) is 37.6 Å². The zero-order valence-electron chi connectivity index (χ0n) is 13.0. The van der Waals surface area contributed by atoms with Gasteiger partial charge in [0.25, 0.3) is 0 Å². The molecule has 0 saturated heterocycles. The van der Waals surface area contributed by atoms with Gasteiger partial charge < -0.3 is 15.8 Å². The Morgan fingerprint density at radius 2 is 1.55 bits per heavy atom. The van der Waals surface area contributed by atoms with Crippen molar-refractivity contribution < 1.29 is 19.6 Å². The summed E-state index contributed by atoms with van der Waals surface area (Å²) in [5, 5.41) is 17.4. The summed E-state index contributed by atoms with van der Waals surface area (Å²) >= 11 is 0. The highest BCUT2D eigenvalue weighted by Crippen LogP contribution is 2.11. The smallest absolute Gasteiger partial charge is 0.427 e. The number of hydrogen-bond acceptors (Lipinski definition) is 5. The maximum atomic E-state index is 8.72. The Kier molecular flexibility index (Phi) is 13.5. The van der Waals surface area contributed by atoms with E-state index in [1.165, 1.54) is 18.4 Å². The third-order valence-electron chi connectivity index (χ3n) is 3.42. The van der Waals surface area contributed by atoms with Crippen LogP contribution >= 0.6 is 0 Å². The third kappa shape index (κ3) is 13.5. The van der Waals surface area contributed by atoms with E-state index in [1.807, 2.05) is 6.07 Å². The molecule has 1 aromatic carbocycles. The molecule has 4 N–H and O–H groups in total. The second kappa shape index (κ2) is 14.5. The number of rotatable bonds is 10. The lowest BCUT2D eigenvalue weighted by molar-refractivity contribution is -0.191. The maximum absolute atomic E-state index is 8.72. The molecule has 22 heavy (non-hydrogen) atoms. The van der Waals surface area contributed by atoms with Crippen molar-refractivity contribution in [3.05, 3.63) is 35.9 Å². The molecule has 0 aliphatic rings. The fourth-order valence-electron chi connectivity index (χ4n) is 2.26. The molecule has 1 rings (SSSR count). The third-order valence-corrected chi connectivity index (χ3v) is 3.42. The molecular formula is C16H26BNO4. The number of nitrogens with two attached hydrogens (primary N) is 1. The summed E-state index contributed by atoms with van der Waals surface area (Å²) in [6, 6.07) is 10.8. The number of carbonyl (C=O) groups excluding carboxylic acids is 2. The van der Waals surface area contributed by atoms with E-state index in [9.17, 15) is 0 Å². The van der Waals surface area contributed by atoms with Crippen LogP contribution in [0.1, 0.15) is 44.1 Å². The minimum atomic E-state index is -1.16. The fraction of sp³-hybridized carbons (Fsp3) is 0.562. The first-order valence-electron chi connectivity index (χ1n) is 7.75. The fourth-order valence-corrected chi connectivity index (χ4v) is 2.26. The monoisotopic (exact) mass is 307 g/mol. The molecule has 1 aromatic rings. The molecule has 1 atom stereocenters. The van der Waals surface area contributed by atoms with Gasteiger partial charge in [-0.25, -0.2) is 0 Å². The maximum Gasteiger partial charge on any atom is 0.451 e. The summed E-state index contributed by atoms with van der Waals surface area (Å²) in [7, 11) is -1.16. The summed E-state index contributed by atoms with van der Waals surface area (Å²) < 4.78 is 0. The first-order valence-corrected chi connectivity index (χ1v) is 7.75. The van der Waals surface area contributed by atoms with Crippen molar-refractivity contribution in [1.29, 1.82) is 0 Å². The average Bonchev–Trinajstić information content (AvgIpc) is 2.50. The van der Waals surface area contributed by atoms with Crippen LogP contribution in [0.4, 0.5) is 0 Å². The van der Waals surface area contributed by atoms with Gasteiger partial charge in [0, 0.05) is 6.04 Å². The van der Waals surface area contributed by atoms with Crippen molar-refractivity contribution in [3.8, 4) is 0 Å². The number of unbranched alkanes of at least 4 members (excludes halogenated alkanes) is 2. The Morgan fingerprint density at radius 1 is 1.00 bits per heavy atom. The molecule has 0 aromatic heterocycles. The van der Waals surface area contributed by atoms with Gasteiger partial charge in [-0.2, -0.15) is 9.59 Å². The van der Waals surface area contributed by atoms with Crippen molar-refractivity contribution in [2.45, 2.75) is 57.3 Å². The minimum absolute atomic E-state index is 0.250. The van der Waals surface area contributed by atoms with Crippen LogP contribution in [0.5, 0.6) is 0 Å². The van der Waals surface area contributed by atoms with E-state index in [0.717, 1.165) is 32.1 Å². The van der Waals surface area contributed by atoms with Gasteiger partial charge in [0.2, 0.25) is 0 Å². The Bertz CT molecular complexity index is 394. The van der Waals surface area contributed by atoms with E-state index < -0.39 is 7.12 Å². The predicted molar refractivity (Wildman–Crippen MR) is 85.8 cm³/mol. The molecule has 0 bridgehead atoms. The van der Waals surface area contributed by atoms with Crippen molar-refractivity contribution in [3.63, 3.8) is 0 Å². The van der Waals surface area contributed by atoms with Crippen LogP contribution in [0.25, 0.3) is 0 Å². The van der Waals surface area contributed by atoms with Gasteiger partial charge in [0.05, 0.1) is 0 Å². The van der Waals surface area contributed by atoms with E-state index in [1.54, 1.807) is 0 Å². The quantitative estimate of drug-likeness (QED) is 0.452. The Hall–Kier alpha value is -1.46. The second-order valence-electron chi connectivity index (χ2n) is 5.34. The van der Waals surface area contributed by atoms with E-state index in [-0.39, 0.29) is 12.2 Å². The predicted octanol–water partition coefficient (Wildman–Crippen LogP) is 1.79. The van der Waals surface area contributed by atoms with Gasteiger partial charge in [0.1, 0.15) is 0 Å². The van der Waals surface area contributed by atoms with E-state index >= 15 is 0 Å². The van der Waals surface area contributed by atoms with Gasteiger partial charge in [0.15, 0.2) is 0 Å². The molecule has 0 aliphatic carbocycles. The number of aryl methyl sites for hydroxylation is 1. The zero-order chi connectivity index (χ0) is 16.6. The van der Waals surface area contributed by atoms with Crippen LogP contribution in [0.2, 0.25) is 6.32 Å². The lowest BCUT2D eigenvalue weighted by Gasteiger charge is -2.11. The molecule has 122 valence electrons. The van der Waals surface area contributed by atoms with E-state index in [0.29, 0.717) is 6.32 Å². The SMILES string of the molecule is NC(CCCCB(O)O)CCCCc1ccccc1.O=C=O. The van der Waals surface area contributed by atoms with Crippen LogP contribution in [-0.4, -0.2) is 29.4 Å². The van der Waals surface area contributed by atoms with Crippen LogP contribution in [0.3, 0.4) is 0 Å². The summed E-state index contributed by atoms with van der Waals surface area (Å²) in [6.45, 7) is 0. The zero-order valence-corrected chi connectivity index (χ0v) is 13.0. The van der Waals surface area contributed by atoms with Gasteiger partial charge >= 0.3 is 13.3 Å². The highest BCUT2D eigenvalue weighted by molar-refractivity contribution is 6.40. The molecule has 0 radical (unpaired) electrons.